The summed E-state index contributed by atoms with van der Waals surface area (Å²) >= 11 is 0. The van der Waals surface area contributed by atoms with Crippen LogP contribution in [0.5, 0.6) is 0 Å². The van der Waals surface area contributed by atoms with Crippen LogP contribution in [0.1, 0.15) is 94.2 Å². The van der Waals surface area contributed by atoms with Crippen molar-refractivity contribution < 1.29 is 37.1 Å². The van der Waals surface area contributed by atoms with Gasteiger partial charge in [0.2, 0.25) is 11.8 Å². The van der Waals surface area contributed by atoms with Gasteiger partial charge in [-0.1, -0.05) is 0 Å². The number of benzene rings is 2. The van der Waals surface area contributed by atoms with E-state index in [0.29, 0.717) is 36.9 Å². The number of nitrogens with zero attached hydrogens (tertiary/aromatic N) is 8. The lowest BCUT2D eigenvalue weighted by molar-refractivity contribution is -0.138. The van der Waals surface area contributed by atoms with Gasteiger partial charge in [0.15, 0.2) is 5.69 Å². The monoisotopic (exact) mass is 851 g/mol. The summed E-state index contributed by atoms with van der Waals surface area (Å²) < 4.78 is 41.0. The number of hydrogen-bond acceptors (Lipinski definition) is 11. The molecule has 9 rings (SSSR count). The third kappa shape index (κ3) is 7.62. The summed E-state index contributed by atoms with van der Waals surface area (Å²) in [6, 6.07) is 15.1. The molecule has 62 heavy (non-hydrogen) atoms. The molecule has 1 spiro atoms. The van der Waals surface area contributed by atoms with Crippen LogP contribution in [0.4, 0.5) is 30.2 Å². The quantitative estimate of drug-likeness (QED) is 0.344. The van der Waals surface area contributed by atoms with Crippen molar-refractivity contribution in [1.29, 1.82) is 5.26 Å². The van der Waals surface area contributed by atoms with E-state index < -0.39 is 47.1 Å². The summed E-state index contributed by atoms with van der Waals surface area (Å²) in [7, 11) is 0. The number of anilines is 3. The Balaban J connectivity index is 0.738. The second kappa shape index (κ2) is 16.0. The van der Waals surface area contributed by atoms with Crippen LogP contribution < -0.4 is 20.0 Å². The number of aromatic nitrogens is 1. The van der Waals surface area contributed by atoms with Gasteiger partial charge < -0.3 is 19.6 Å². The Labute approximate surface area is 357 Å². The van der Waals surface area contributed by atoms with E-state index in [0.717, 1.165) is 93.7 Å². The van der Waals surface area contributed by atoms with Crippen molar-refractivity contribution in [2.75, 3.05) is 73.6 Å². The summed E-state index contributed by atoms with van der Waals surface area (Å²) in [5.74, 6) is -2.05. The molecule has 17 heteroatoms. The van der Waals surface area contributed by atoms with Gasteiger partial charge in [-0.2, -0.15) is 18.4 Å². The van der Waals surface area contributed by atoms with Gasteiger partial charge in [-0.3, -0.25) is 39.1 Å². The molecule has 0 saturated carbocycles. The van der Waals surface area contributed by atoms with Crippen molar-refractivity contribution in [1.82, 2.24) is 25.0 Å². The first-order valence-electron chi connectivity index (χ1n) is 21.4. The molecule has 6 aliphatic heterocycles. The Morgan fingerprint density at radius 2 is 1.48 bits per heavy atom. The number of nitriles is 1. The molecule has 324 valence electrons. The number of amides is 5. The highest BCUT2D eigenvalue weighted by Crippen LogP contribution is 2.46. The number of pyridine rings is 1. The maximum atomic E-state index is 13.7. The number of carbonyl (C=O) groups is 5. The minimum Gasteiger partial charge on any atom is -0.371 e. The largest absolute Gasteiger partial charge is 0.419 e. The van der Waals surface area contributed by atoms with Crippen LogP contribution in [-0.2, 0) is 15.8 Å². The van der Waals surface area contributed by atoms with Gasteiger partial charge in [-0.25, -0.2) is 4.98 Å². The van der Waals surface area contributed by atoms with Crippen molar-refractivity contribution in [3.8, 4) is 6.07 Å². The van der Waals surface area contributed by atoms with E-state index in [2.05, 4.69) is 25.0 Å². The summed E-state index contributed by atoms with van der Waals surface area (Å²) in [6.07, 6.45) is 1.36. The summed E-state index contributed by atoms with van der Waals surface area (Å²) in [6.45, 7) is 8.61. The molecule has 3 aromatic rings. The third-order valence-electron chi connectivity index (χ3n) is 14.1. The Kier molecular flexibility index (Phi) is 10.7. The Bertz CT molecular complexity index is 2340. The summed E-state index contributed by atoms with van der Waals surface area (Å²) in [5, 5.41) is 11.4. The normalized spacial score (nSPS) is 23.6. The molecule has 5 fully saturated rings. The second-order valence-electron chi connectivity index (χ2n) is 17.6. The fraction of sp³-hybridized carbons (Fsp3) is 0.489. The fourth-order valence-corrected chi connectivity index (χ4v) is 10.6. The highest BCUT2D eigenvalue weighted by atomic mass is 19.4. The lowest BCUT2D eigenvalue weighted by atomic mass is 9.76. The molecule has 2 atom stereocenters. The van der Waals surface area contributed by atoms with Crippen molar-refractivity contribution in [3.63, 3.8) is 0 Å². The van der Waals surface area contributed by atoms with Gasteiger partial charge in [-0.15, -0.1) is 0 Å². The average molecular weight is 852 g/mol. The molecule has 0 bridgehead atoms. The van der Waals surface area contributed by atoms with Crippen molar-refractivity contribution in [2.45, 2.75) is 76.2 Å². The number of carbonyl (C=O) groups excluding carboxylic acids is 5. The summed E-state index contributed by atoms with van der Waals surface area (Å²) in [5.41, 5.74) is 1.82. The number of halogens is 3. The molecule has 6 aliphatic rings. The minimum absolute atomic E-state index is 0.00966. The predicted octanol–water partition coefficient (Wildman–Crippen LogP) is 4.69. The van der Waals surface area contributed by atoms with Gasteiger partial charge in [0.05, 0.1) is 28.6 Å². The predicted molar refractivity (Wildman–Crippen MR) is 222 cm³/mol. The topological polar surface area (TPSA) is 154 Å². The summed E-state index contributed by atoms with van der Waals surface area (Å²) in [4.78, 5) is 79.9. The van der Waals surface area contributed by atoms with Crippen LogP contribution >= 0.6 is 0 Å². The highest BCUT2D eigenvalue weighted by molar-refractivity contribution is 6.23. The number of fused-ring (bicyclic) bond motifs is 1. The second-order valence-corrected chi connectivity index (χ2v) is 17.6. The maximum Gasteiger partial charge on any atom is 0.419 e. The first-order valence-corrected chi connectivity index (χ1v) is 21.4. The minimum atomic E-state index is -4.66. The smallest absolute Gasteiger partial charge is 0.371 e. The Hall–Kier alpha value is -6.02. The van der Waals surface area contributed by atoms with Crippen LogP contribution in [0.2, 0.25) is 0 Å². The van der Waals surface area contributed by atoms with Crippen molar-refractivity contribution in [3.05, 3.63) is 82.7 Å². The lowest BCUT2D eigenvalue weighted by Crippen LogP contribution is -2.54. The molecule has 7 heterocycles. The van der Waals surface area contributed by atoms with E-state index in [4.69, 9.17) is 0 Å². The molecular formula is C45H48F3N9O5. The molecular weight excluding hydrogens is 804 g/mol. The molecule has 2 unspecified atom stereocenters. The Morgan fingerprint density at radius 3 is 2.15 bits per heavy atom. The van der Waals surface area contributed by atoms with Crippen LogP contribution in [0.3, 0.4) is 0 Å². The molecule has 2 aromatic carbocycles. The van der Waals surface area contributed by atoms with E-state index in [-0.39, 0.29) is 41.3 Å². The zero-order valence-corrected chi connectivity index (χ0v) is 34.5. The van der Waals surface area contributed by atoms with Gasteiger partial charge in [0.25, 0.3) is 17.7 Å². The van der Waals surface area contributed by atoms with E-state index in [1.807, 2.05) is 47.1 Å². The van der Waals surface area contributed by atoms with Crippen molar-refractivity contribution >= 4 is 46.6 Å². The molecule has 1 aromatic heterocycles. The van der Waals surface area contributed by atoms with Crippen LogP contribution in [0.15, 0.2) is 54.7 Å². The Morgan fingerprint density at radius 1 is 0.823 bits per heavy atom. The first kappa shape index (κ1) is 41.3. The third-order valence-corrected chi connectivity index (χ3v) is 14.1. The van der Waals surface area contributed by atoms with E-state index in [1.54, 1.807) is 18.2 Å². The number of piperazine rings is 1. The van der Waals surface area contributed by atoms with E-state index in [9.17, 15) is 42.4 Å². The number of imide groups is 2. The van der Waals surface area contributed by atoms with E-state index in [1.165, 1.54) is 6.20 Å². The van der Waals surface area contributed by atoms with Gasteiger partial charge >= 0.3 is 6.18 Å². The van der Waals surface area contributed by atoms with Crippen LogP contribution in [-0.4, -0.2) is 126 Å². The van der Waals surface area contributed by atoms with Gasteiger partial charge in [-0.05, 0) is 99.4 Å². The van der Waals surface area contributed by atoms with Gasteiger partial charge in [0.1, 0.15) is 12.1 Å². The average Bonchev–Trinajstić information content (AvgIpc) is 3.73. The first-order chi connectivity index (χ1) is 29.7. The van der Waals surface area contributed by atoms with E-state index >= 15 is 0 Å². The molecule has 5 amide bonds. The SMILES string of the molecule is CC1CC2(CCN(c3ccc(C(=O)N4CCN(C5CCN(c6ccc7c(c6)C(=O)N(C6CCC(=O)NC6=O)C7=O)CC5)CC4)cc3)CC2)CN1c1cnc(C#N)c(C(F)(F)F)c1. The fourth-order valence-electron chi connectivity index (χ4n) is 10.6. The molecule has 14 nitrogen and oxygen atoms in total. The number of hydrogen-bond donors (Lipinski definition) is 1. The number of nitrogens with one attached hydrogen (secondary N) is 1. The highest BCUT2D eigenvalue weighted by Gasteiger charge is 2.47. The molecule has 0 aliphatic carbocycles. The lowest BCUT2D eigenvalue weighted by Gasteiger charge is -2.43. The number of alkyl halides is 3. The van der Waals surface area contributed by atoms with Crippen molar-refractivity contribution in [2.24, 2.45) is 5.41 Å². The number of rotatable bonds is 6. The molecule has 0 radical (unpaired) electrons. The van der Waals surface area contributed by atoms with Crippen LogP contribution in [0, 0.1) is 16.7 Å². The maximum absolute atomic E-state index is 13.7. The standard InChI is InChI=1S/C45H48F3N9O5/c1-28-24-44(27-56(28)33-23-36(45(46,47)48)37(25-49)50-26-33)12-16-53(17-13-44)30-4-2-29(3-5-30)41(60)55-20-18-54(19-21-55)31-10-14-52(15-11-31)32-6-7-34-35(22-32)43(62)57(42(34)61)38-8-9-39(58)51-40(38)59/h2-7,22-23,26,28,31,38H,8-21,24,27H2,1H3,(H,51,58,59). The molecule has 1 N–H and O–H groups in total. The van der Waals surface area contributed by atoms with Crippen LogP contribution in [0.25, 0.3) is 0 Å². The van der Waals surface area contributed by atoms with Gasteiger partial charge in [0, 0.05) is 94.3 Å². The molecule has 5 saturated heterocycles. The zero-order chi connectivity index (χ0) is 43.5. The zero-order valence-electron chi connectivity index (χ0n) is 34.5. The number of piperidine rings is 3.